The van der Waals surface area contributed by atoms with Gasteiger partial charge in [0.1, 0.15) is 11.5 Å². The van der Waals surface area contributed by atoms with E-state index in [0.717, 1.165) is 19.6 Å². The van der Waals surface area contributed by atoms with Crippen LogP contribution in [0.25, 0.3) is 0 Å². The lowest BCUT2D eigenvalue weighted by atomic mass is 10.2. The molecule has 7 nitrogen and oxygen atoms in total. The number of rotatable bonds is 6. The van der Waals surface area contributed by atoms with Gasteiger partial charge in [0, 0.05) is 38.3 Å². The number of anilines is 1. The molecule has 1 fully saturated rings. The molecule has 1 aliphatic heterocycles. The maximum Gasteiger partial charge on any atom is 0.319 e. The summed E-state index contributed by atoms with van der Waals surface area (Å²) in [6.45, 7) is 7.17. The van der Waals surface area contributed by atoms with E-state index in [-0.39, 0.29) is 18.2 Å². The van der Waals surface area contributed by atoms with Gasteiger partial charge in [-0.05, 0) is 13.8 Å². The van der Waals surface area contributed by atoms with Crippen molar-refractivity contribution in [2.45, 2.75) is 26.1 Å². The fourth-order valence-corrected chi connectivity index (χ4v) is 3.15. The second kappa shape index (κ2) is 9.12. The summed E-state index contributed by atoms with van der Waals surface area (Å²) in [4.78, 5) is 14.4. The summed E-state index contributed by atoms with van der Waals surface area (Å²) in [5.41, 5.74) is 0.495. The number of carbonyl (C=O) groups is 1. The van der Waals surface area contributed by atoms with Crippen LogP contribution < -0.4 is 20.1 Å². The molecule has 0 aromatic heterocycles. The molecule has 2 atom stereocenters. The molecule has 0 spiro atoms. The molecule has 2 rings (SSSR count). The van der Waals surface area contributed by atoms with Crippen molar-refractivity contribution in [1.29, 1.82) is 0 Å². The molecule has 8 heteroatoms. The normalized spacial score (nSPS) is 20.8. The molecule has 140 valence electrons. The van der Waals surface area contributed by atoms with E-state index in [4.69, 9.17) is 25.8 Å². The van der Waals surface area contributed by atoms with Gasteiger partial charge >= 0.3 is 6.03 Å². The van der Waals surface area contributed by atoms with Gasteiger partial charge in [-0.15, -0.1) is 0 Å². The Hall–Kier alpha value is -1.70. The molecule has 0 aliphatic carbocycles. The maximum absolute atomic E-state index is 12.1. The summed E-state index contributed by atoms with van der Waals surface area (Å²) in [7, 11) is 3.03. The van der Waals surface area contributed by atoms with Crippen LogP contribution >= 0.6 is 11.6 Å². The number of amides is 2. The van der Waals surface area contributed by atoms with Crippen LogP contribution in [-0.4, -0.2) is 63.5 Å². The Morgan fingerprint density at radius 1 is 1.24 bits per heavy atom. The number of nitrogens with zero attached hydrogens (tertiary/aromatic N) is 1. The van der Waals surface area contributed by atoms with E-state index in [1.54, 1.807) is 12.1 Å². The Morgan fingerprint density at radius 3 is 2.48 bits per heavy atom. The van der Waals surface area contributed by atoms with Gasteiger partial charge in [0.2, 0.25) is 0 Å². The summed E-state index contributed by atoms with van der Waals surface area (Å²) in [6.07, 6.45) is 0.423. The second-order valence-corrected chi connectivity index (χ2v) is 6.49. The molecule has 2 amide bonds. The Bertz CT molecular complexity index is 590. The highest BCUT2D eigenvalue weighted by Crippen LogP contribution is 2.35. The second-order valence-electron chi connectivity index (χ2n) is 6.08. The molecule has 1 aromatic carbocycles. The van der Waals surface area contributed by atoms with Crippen molar-refractivity contribution in [3.8, 4) is 11.5 Å². The van der Waals surface area contributed by atoms with Crippen molar-refractivity contribution in [3.05, 3.63) is 17.2 Å². The van der Waals surface area contributed by atoms with Crippen molar-refractivity contribution < 1.29 is 19.0 Å². The average molecular weight is 372 g/mol. The molecule has 25 heavy (non-hydrogen) atoms. The Morgan fingerprint density at radius 2 is 1.88 bits per heavy atom. The third-order valence-electron chi connectivity index (χ3n) is 3.93. The Balaban J connectivity index is 1.86. The monoisotopic (exact) mass is 371 g/mol. The summed E-state index contributed by atoms with van der Waals surface area (Å²) in [5, 5.41) is 6.03. The minimum Gasteiger partial charge on any atom is -0.495 e. The van der Waals surface area contributed by atoms with Gasteiger partial charge in [-0.1, -0.05) is 11.6 Å². The fourth-order valence-electron chi connectivity index (χ4n) is 2.92. The molecule has 0 saturated carbocycles. The number of morpholine rings is 1. The van der Waals surface area contributed by atoms with E-state index < -0.39 is 0 Å². The number of hydrogen-bond donors (Lipinski definition) is 2. The first-order valence-electron chi connectivity index (χ1n) is 8.27. The van der Waals surface area contributed by atoms with E-state index in [9.17, 15) is 4.79 Å². The fraction of sp³-hybridized carbons (Fsp3) is 0.588. The van der Waals surface area contributed by atoms with Crippen LogP contribution in [0.2, 0.25) is 5.02 Å². The number of benzene rings is 1. The van der Waals surface area contributed by atoms with Gasteiger partial charge in [0.15, 0.2) is 0 Å². The standard InChI is InChI=1S/C17H26ClN3O4/c1-11-9-21(10-12(2)25-11)6-5-19-17(22)20-14-8-15(23-3)13(18)7-16(14)24-4/h7-8,11-12H,5-6,9-10H2,1-4H3,(H2,19,20,22). The van der Waals surface area contributed by atoms with Crippen molar-refractivity contribution in [2.24, 2.45) is 0 Å². The average Bonchev–Trinajstić information content (AvgIpc) is 2.55. The zero-order valence-electron chi connectivity index (χ0n) is 15.1. The quantitative estimate of drug-likeness (QED) is 0.804. The molecule has 2 N–H and O–H groups in total. The summed E-state index contributed by atoms with van der Waals surface area (Å²) >= 11 is 6.06. The summed E-state index contributed by atoms with van der Waals surface area (Å²) in [5.74, 6) is 0.936. The smallest absolute Gasteiger partial charge is 0.319 e. The zero-order chi connectivity index (χ0) is 18.4. The first-order chi connectivity index (χ1) is 11.9. The molecule has 0 radical (unpaired) electrons. The topological polar surface area (TPSA) is 72.1 Å². The minimum atomic E-state index is -0.308. The van der Waals surface area contributed by atoms with Gasteiger partial charge in [-0.2, -0.15) is 0 Å². The van der Waals surface area contributed by atoms with Crippen molar-refractivity contribution in [2.75, 3.05) is 45.7 Å². The van der Waals surface area contributed by atoms with Gasteiger partial charge in [0.25, 0.3) is 0 Å². The van der Waals surface area contributed by atoms with Crippen LogP contribution in [0.15, 0.2) is 12.1 Å². The number of carbonyl (C=O) groups excluding carboxylic acids is 1. The molecule has 1 aliphatic rings. The van der Waals surface area contributed by atoms with E-state index in [1.165, 1.54) is 14.2 Å². The van der Waals surface area contributed by atoms with Crippen LogP contribution in [0, 0.1) is 0 Å². The van der Waals surface area contributed by atoms with E-state index >= 15 is 0 Å². The molecule has 0 bridgehead atoms. The van der Waals surface area contributed by atoms with Crippen LogP contribution in [-0.2, 0) is 4.74 Å². The zero-order valence-corrected chi connectivity index (χ0v) is 15.9. The lowest BCUT2D eigenvalue weighted by Gasteiger charge is -2.35. The minimum absolute atomic E-state index is 0.211. The Kier molecular flexibility index (Phi) is 7.16. The molecule has 2 unspecified atom stereocenters. The van der Waals surface area contributed by atoms with E-state index in [2.05, 4.69) is 29.4 Å². The van der Waals surface area contributed by atoms with Gasteiger partial charge < -0.3 is 24.8 Å². The van der Waals surface area contributed by atoms with Gasteiger partial charge in [-0.3, -0.25) is 4.90 Å². The Labute approximate surface area is 153 Å². The predicted molar refractivity (Wildman–Crippen MR) is 98.0 cm³/mol. The maximum atomic E-state index is 12.1. The van der Waals surface area contributed by atoms with Crippen LogP contribution in [0.4, 0.5) is 10.5 Å². The highest BCUT2D eigenvalue weighted by atomic mass is 35.5. The molecular weight excluding hydrogens is 346 g/mol. The van der Waals surface area contributed by atoms with Crippen molar-refractivity contribution >= 4 is 23.3 Å². The van der Waals surface area contributed by atoms with Gasteiger partial charge in [-0.25, -0.2) is 4.79 Å². The van der Waals surface area contributed by atoms with Crippen molar-refractivity contribution in [3.63, 3.8) is 0 Å². The van der Waals surface area contributed by atoms with Crippen LogP contribution in [0.1, 0.15) is 13.8 Å². The molecule has 1 heterocycles. The molecular formula is C17H26ClN3O4. The van der Waals surface area contributed by atoms with Crippen LogP contribution in [0.5, 0.6) is 11.5 Å². The summed E-state index contributed by atoms with van der Waals surface area (Å²) in [6, 6.07) is 2.93. The number of ether oxygens (including phenoxy) is 3. The first kappa shape index (κ1) is 19.6. The van der Waals surface area contributed by atoms with Crippen molar-refractivity contribution in [1.82, 2.24) is 10.2 Å². The first-order valence-corrected chi connectivity index (χ1v) is 8.65. The lowest BCUT2D eigenvalue weighted by molar-refractivity contribution is -0.0672. The largest absolute Gasteiger partial charge is 0.495 e. The third-order valence-corrected chi connectivity index (χ3v) is 4.23. The lowest BCUT2D eigenvalue weighted by Crippen LogP contribution is -2.48. The third kappa shape index (κ3) is 5.66. The SMILES string of the molecule is COc1cc(NC(=O)NCCN2CC(C)OC(C)C2)c(OC)cc1Cl. The summed E-state index contributed by atoms with van der Waals surface area (Å²) < 4.78 is 16.1. The number of urea groups is 1. The highest BCUT2D eigenvalue weighted by molar-refractivity contribution is 6.32. The molecule has 1 aromatic rings. The predicted octanol–water partition coefficient (Wildman–Crippen LogP) is 2.59. The van der Waals surface area contributed by atoms with Gasteiger partial charge in [0.05, 0.1) is 37.1 Å². The highest BCUT2D eigenvalue weighted by Gasteiger charge is 2.21. The number of halogens is 1. The number of nitrogens with one attached hydrogen (secondary N) is 2. The van der Waals surface area contributed by atoms with Crippen LogP contribution in [0.3, 0.4) is 0 Å². The van der Waals surface area contributed by atoms with E-state index in [1.807, 2.05) is 0 Å². The van der Waals surface area contributed by atoms with E-state index in [0.29, 0.717) is 28.8 Å². The number of methoxy groups -OCH3 is 2. The number of hydrogen-bond acceptors (Lipinski definition) is 5. The molecule has 1 saturated heterocycles.